The molecule has 1 aromatic rings. The monoisotopic (exact) mass is 289 g/mol. The van der Waals surface area contributed by atoms with Crippen LogP contribution in [0.15, 0.2) is 12.1 Å². The molecule has 1 heterocycles. The van der Waals surface area contributed by atoms with E-state index in [1.165, 1.54) is 0 Å². The predicted octanol–water partition coefficient (Wildman–Crippen LogP) is 2.39. The molecule has 3 N–H and O–H groups in total. The van der Waals surface area contributed by atoms with Crippen LogP contribution in [0.4, 0.5) is 20.3 Å². The average molecular weight is 289 g/mol. The molecule has 0 aliphatic heterocycles. The van der Waals surface area contributed by atoms with Gasteiger partial charge in [0.15, 0.2) is 0 Å². The maximum absolute atomic E-state index is 11.8. The molecule has 1 rings (SSSR count). The second kappa shape index (κ2) is 8.52. The van der Waals surface area contributed by atoms with Crippen LogP contribution < -0.4 is 15.8 Å². The third kappa shape index (κ3) is 6.51. The first-order valence-electron chi connectivity index (χ1n) is 6.48. The van der Waals surface area contributed by atoms with Gasteiger partial charge in [-0.1, -0.05) is 13.8 Å². The van der Waals surface area contributed by atoms with E-state index in [0.29, 0.717) is 36.5 Å². The molecule has 1 aromatic heterocycles. The predicted molar refractivity (Wildman–Crippen MR) is 74.3 cm³/mol. The lowest BCUT2D eigenvalue weighted by Gasteiger charge is -2.12. The van der Waals surface area contributed by atoms with Gasteiger partial charge in [-0.2, -0.15) is 4.98 Å². The number of nitrogens with one attached hydrogen (secondary N) is 1. The highest BCUT2D eigenvalue weighted by Crippen LogP contribution is 2.21. The van der Waals surface area contributed by atoms with Gasteiger partial charge in [-0.25, -0.2) is 8.78 Å². The molecule has 7 heteroatoms. The molecule has 0 bridgehead atoms. The summed E-state index contributed by atoms with van der Waals surface area (Å²) in [7, 11) is 0. The van der Waals surface area contributed by atoms with Crippen LogP contribution in [0.25, 0.3) is 0 Å². The van der Waals surface area contributed by atoms with Crippen molar-refractivity contribution in [3.63, 3.8) is 0 Å². The number of aromatic nitrogens is 1. The summed E-state index contributed by atoms with van der Waals surface area (Å²) in [5.41, 5.74) is 6.23. The first kappa shape index (κ1) is 16.4. The number of hydrogen-bond acceptors (Lipinski definition) is 5. The second-order valence-electron chi connectivity index (χ2n) is 4.69. The van der Waals surface area contributed by atoms with Crippen LogP contribution in [0.3, 0.4) is 0 Å². The number of pyridine rings is 1. The number of alkyl halides is 2. The Morgan fingerprint density at radius 3 is 2.70 bits per heavy atom. The number of halogens is 2. The first-order valence-corrected chi connectivity index (χ1v) is 6.48. The van der Waals surface area contributed by atoms with Crippen molar-refractivity contribution in [2.75, 3.05) is 37.4 Å². The number of nitrogen functional groups attached to an aromatic ring is 1. The Kier molecular flexibility index (Phi) is 7.00. The molecule has 0 aromatic carbocycles. The van der Waals surface area contributed by atoms with Gasteiger partial charge in [0, 0.05) is 6.54 Å². The summed E-state index contributed by atoms with van der Waals surface area (Å²) in [4.78, 5) is 4.21. The van der Waals surface area contributed by atoms with Gasteiger partial charge in [-0.05, 0) is 18.1 Å². The number of ether oxygens (including phenoxy) is 2. The maximum atomic E-state index is 11.8. The summed E-state index contributed by atoms with van der Waals surface area (Å²) in [6.07, 6.45) is -2.44. The third-order valence-corrected chi connectivity index (χ3v) is 2.24. The van der Waals surface area contributed by atoms with Gasteiger partial charge in [0.2, 0.25) is 5.88 Å². The number of anilines is 2. The van der Waals surface area contributed by atoms with Crippen molar-refractivity contribution >= 4 is 11.5 Å². The quantitative estimate of drug-likeness (QED) is 0.683. The van der Waals surface area contributed by atoms with Crippen molar-refractivity contribution < 1.29 is 18.3 Å². The normalized spacial score (nSPS) is 11.1. The Balaban J connectivity index is 2.40. The molecule has 0 saturated heterocycles. The van der Waals surface area contributed by atoms with Gasteiger partial charge in [0.1, 0.15) is 12.4 Å². The van der Waals surface area contributed by atoms with Crippen LogP contribution in [-0.2, 0) is 4.74 Å². The summed E-state index contributed by atoms with van der Waals surface area (Å²) in [5.74, 6) is 1.31. The third-order valence-electron chi connectivity index (χ3n) is 2.24. The fraction of sp³-hybridized carbons (Fsp3) is 0.615. The lowest BCUT2D eigenvalue weighted by atomic mass is 10.2. The lowest BCUT2D eigenvalue weighted by Crippen LogP contribution is -2.14. The van der Waals surface area contributed by atoms with E-state index in [4.69, 9.17) is 15.2 Å². The highest BCUT2D eigenvalue weighted by molar-refractivity contribution is 5.53. The second-order valence-corrected chi connectivity index (χ2v) is 4.69. The molecule has 114 valence electrons. The Morgan fingerprint density at radius 1 is 1.30 bits per heavy atom. The van der Waals surface area contributed by atoms with Crippen molar-refractivity contribution in [2.24, 2.45) is 5.92 Å². The minimum Gasteiger partial charge on any atom is -0.476 e. The minimum absolute atomic E-state index is 0.179. The zero-order chi connectivity index (χ0) is 15.0. The Hall–Kier alpha value is -1.63. The molecule has 0 spiro atoms. The van der Waals surface area contributed by atoms with E-state index in [1.54, 1.807) is 12.1 Å². The Labute approximate surface area is 117 Å². The van der Waals surface area contributed by atoms with Gasteiger partial charge in [0.25, 0.3) is 6.43 Å². The van der Waals surface area contributed by atoms with Crippen LogP contribution >= 0.6 is 0 Å². The largest absolute Gasteiger partial charge is 0.476 e. The zero-order valence-corrected chi connectivity index (χ0v) is 11.7. The molecule has 0 radical (unpaired) electrons. The highest BCUT2D eigenvalue weighted by Gasteiger charge is 2.06. The standard InChI is InChI=1S/C13H21F2N3O2/c1-9(2)7-20-13-10(16)3-4-12(18-13)17-5-6-19-8-11(14)15/h3-4,9,11H,5-8,16H2,1-2H3,(H,17,18). The summed E-state index contributed by atoms with van der Waals surface area (Å²) < 4.78 is 33.9. The van der Waals surface area contributed by atoms with E-state index in [2.05, 4.69) is 10.3 Å². The molecule has 0 aliphatic rings. The van der Waals surface area contributed by atoms with Crippen LogP contribution in [-0.4, -0.2) is 37.8 Å². The maximum Gasteiger partial charge on any atom is 0.261 e. The smallest absolute Gasteiger partial charge is 0.261 e. The van der Waals surface area contributed by atoms with E-state index in [-0.39, 0.29) is 6.61 Å². The number of rotatable bonds is 9. The van der Waals surface area contributed by atoms with Crippen LogP contribution in [0.1, 0.15) is 13.8 Å². The SMILES string of the molecule is CC(C)COc1nc(NCCOCC(F)F)ccc1N. The van der Waals surface area contributed by atoms with Crippen LogP contribution in [0, 0.1) is 5.92 Å². The Bertz CT molecular complexity index is 403. The van der Waals surface area contributed by atoms with Crippen molar-refractivity contribution in [2.45, 2.75) is 20.3 Å². The van der Waals surface area contributed by atoms with Crippen molar-refractivity contribution in [3.05, 3.63) is 12.1 Å². The summed E-state index contributed by atoms with van der Waals surface area (Å²) in [6.45, 7) is 4.58. The van der Waals surface area contributed by atoms with E-state index in [0.717, 1.165) is 0 Å². The number of nitrogens with two attached hydrogens (primary N) is 1. The minimum atomic E-state index is -2.44. The van der Waals surface area contributed by atoms with Gasteiger partial charge in [0.05, 0.1) is 18.9 Å². The van der Waals surface area contributed by atoms with Gasteiger partial charge in [-0.15, -0.1) is 0 Å². The lowest BCUT2D eigenvalue weighted by molar-refractivity contribution is 0.0215. The van der Waals surface area contributed by atoms with E-state index in [1.807, 2.05) is 13.8 Å². The summed E-state index contributed by atoms with van der Waals surface area (Å²) >= 11 is 0. The molecule has 0 unspecified atom stereocenters. The summed E-state index contributed by atoms with van der Waals surface area (Å²) in [6, 6.07) is 3.38. The van der Waals surface area contributed by atoms with Crippen molar-refractivity contribution in [3.8, 4) is 5.88 Å². The van der Waals surface area contributed by atoms with Gasteiger partial charge >= 0.3 is 0 Å². The molecule has 20 heavy (non-hydrogen) atoms. The molecular formula is C13H21F2N3O2. The molecular weight excluding hydrogens is 268 g/mol. The molecule has 0 aliphatic carbocycles. The average Bonchev–Trinajstić information content (AvgIpc) is 2.38. The van der Waals surface area contributed by atoms with Crippen molar-refractivity contribution in [1.29, 1.82) is 0 Å². The van der Waals surface area contributed by atoms with Crippen LogP contribution in [0.2, 0.25) is 0 Å². The first-order chi connectivity index (χ1) is 9.49. The van der Waals surface area contributed by atoms with Crippen LogP contribution in [0.5, 0.6) is 5.88 Å². The number of hydrogen-bond donors (Lipinski definition) is 2. The zero-order valence-electron chi connectivity index (χ0n) is 11.7. The van der Waals surface area contributed by atoms with Gasteiger partial charge < -0.3 is 20.5 Å². The molecule has 5 nitrogen and oxygen atoms in total. The number of nitrogens with zero attached hydrogens (tertiary/aromatic N) is 1. The molecule has 0 amide bonds. The molecule has 0 atom stereocenters. The van der Waals surface area contributed by atoms with E-state index < -0.39 is 13.0 Å². The topological polar surface area (TPSA) is 69.4 Å². The molecule has 0 saturated carbocycles. The highest BCUT2D eigenvalue weighted by atomic mass is 19.3. The van der Waals surface area contributed by atoms with E-state index >= 15 is 0 Å². The van der Waals surface area contributed by atoms with E-state index in [9.17, 15) is 8.78 Å². The fourth-order valence-electron chi connectivity index (χ4n) is 1.33. The van der Waals surface area contributed by atoms with Gasteiger partial charge in [-0.3, -0.25) is 0 Å². The Morgan fingerprint density at radius 2 is 2.05 bits per heavy atom. The van der Waals surface area contributed by atoms with Crippen molar-refractivity contribution in [1.82, 2.24) is 4.98 Å². The fourth-order valence-corrected chi connectivity index (χ4v) is 1.33. The summed E-state index contributed by atoms with van der Waals surface area (Å²) in [5, 5.41) is 2.96. The molecule has 0 fully saturated rings.